The first-order valence-corrected chi connectivity index (χ1v) is 12.0. The highest BCUT2D eigenvalue weighted by molar-refractivity contribution is 7.99. The number of methoxy groups -OCH3 is 1. The minimum atomic E-state index is -0.543. The maximum Gasteiger partial charge on any atom is 0.242 e. The van der Waals surface area contributed by atoms with Gasteiger partial charge in [-0.3, -0.25) is 9.59 Å². The van der Waals surface area contributed by atoms with Gasteiger partial charge in [0.15, 0.2) is 0 Å². The molecule has 2 amide bonds. The molecule has 0 aromatic heterocycles. The average Bonchev–Trinajstić information content (AvgIpc) is 2.75. The topological polar surface area (TPSA) is 58.6 Å². The molecule has 5 nitrogen and oxygen atoms in total. The van der Waals surface area contributed by atoms with Crippen LogP contribution in [0.25, 0.3) is 0 Å². The smallest absolute Gasteiger partial charge is 0.242 e. The number of benzene rings is 2. The van der Waals surface area contributed by atoms with Crippen LogP contribution in [-0.2, 0) is 21.9 Å². The maximum atomic E-state index is 13.2. The summed E-state index contributed by atoms with van der Waals surface area (Å²) in [5.74, 6) is 1.27. The maximum absolute atomic E-state index is 13.2. The predicted molar refractivity (Wildman–Crippen MR) is 129 cm³/mol. The molecule has 0 saturated carbocycles. The van der Waals surface area contributed by atoms with Crippen LogP contribution in [0, 0.1) is 0 Å². The third-order valence-electron chi connectivity index (χ3n) is 4.72. The van der Waals surface area contributed by atoms with Gasteiger partial charge in [-0.15, -0.1) is 11.8 Å². The summed E-state index contributed by atoms with van der Waals surface area (Å²) in [6.45, 7) is 4.62. The lowest BCUT2D eigenvalue weighted by Gasteiger charge is -2.30. The number of rotatable bonds is 11. The van der Waals surface area contributed by atoms with E-state index in [0.717, 1.165) is 11.1 Å². The van der Waals surface area contributed by atoms with E-state index < -0.39 is 6.04 Å². The van der Waals surface area contributed by atoms with Crippen molar-refractivity contribution in [2.45, 2.75) is 38.6 Å². The second-order valence-electron chi connectivity index (χ2n) is 6.92. The first kappa shape index (κ1) is 25.4. The molecule has 8 heteroatoms. The van der Waals surface area contributed by atoms with Crippen molar-refractivity contribution in [3.8, 4) is 5.75 Å². The normalized spacial score (nSPS) is 11.6. The zero-order valence-corrected chi connectivity index (χ0v) is 20.3. The Morgan fingerprint density at radius 1 is 1.16 bits per heavy atom. The Morgan fingerprint density at radius 3 is 2.58 bits per heavy atom. The number of ether oxygens (including phenoxy) is 1. The standard InChI is InChI=1S/C23H28Cl2N2O3S/c1-4-21(23(29)26-5-2)27(13-16-7-6-8-19(11-16)30-3)22(28)15-31-14-17-9-10-18(24)12-20(17)25/h6-12,21H,4-5,13-15H2,1-3H3,(H,26,29)/t21-/m1/s1. The molecule has 0 radical (unpaired) electrons. The lowest BCUT2D eigenvalue weighted by molar-refractivity contribution is -0.139. The molecule has 2 rings (SSSR count). The monoisotopic (exact) mass is 482 g/mol. The van der Waals surface area contributed by atoms with Gasteiger partial charge in [0.05, 0.1) is 12.9 Å². The third kappa shape index (κ3) is 7.63. The Morgan fingerprint density at radius 2 is 1.94 bits per heavy atom. The molecular formula is C23H28Cl2N2O3S. The number of carbonyl (C=O) groups excluding carboxylic acids is 2. The number of hydrogen-bond donors (Lipinski definition) is 1. The van der Waals surface area contributed by atoms with Gasteiger partial charge in [-0.25, -0.2) is 0 Å². The number of thioether (sulfide) groups is 1. The van der Waals surface area contributed by atoms with E-state index in [9.17, 15) is 9.59 Å². The van der Waals surface area contributed by atoms with Crippen molar-refractivity contribution in [1.29, 1.82) is 0 Å². The molecule has 1 atom stereocenters. The van der Waals surface area contributed by atoms with Crippen LogP contribution >= 0.6 is 35.0 Å². The lowest BCUT2D eigenvalue weighted by Crippen LogP contribution is -2.49. The number of nitrogens with one attached hydrogen (secondary N) is 1. The highest BCUT2D eigenvalue weighted by atomic mass is 35.5. The molecule has 2 aromatic rings. The summed E-state index contributed by atoms with van der Waals surface area (Å²) in [6, 6.07) is 12.3. The number of amides is 2. The van der Waals surface area contributed by atoms with Gasteiger partial charge in [0.1, 0.15) is 11.8 Å². The second kappa shape index (κ2) is 12.8. The van der Waals surface area contributed by atoms with Crippen molar-refractivity contribution in [3.05, 3.63) is 63.6 Å². The van der Waals surface area contributed by atoms with Gasteiger partial charge in [-0.1, -0.05) is 48.3 Å². The van der Waals surface area contributed by atoms with Crippen molar-refractivity contribution in [2.75, 3.05) is 19.4 Å². The van der Waals surface area contributed by atoms with Crippen LogP contribution in [0.2, 0.25) is 10.0 Å². The number of likely N-dealkylation sites (N-methyl/N-ethyl adjacent to an activating group) is 1. The predicted octanol–water partition coefficient (Wildman–Crippen LogP) is 5.18. The molecule has 168 valence electrons. The van der Waals surface area contributed by atoms with Crippen LogP contribution in [0.5, 0.6) is 5.75 Å². The summed E-state index contributed by atoms with van der Waals surface area (Å²) in [5, 5.41) is 3.99. The van der Waals surface area contributed by atoms with Gasteiger partial charge in [0.2, 0.25) is 11.8 Å². The van der Waals surface area contributed by atoms with E-state index >= 15 is 0 Å². The zero-order valence-electron chi connectivity index (χ0n) is 18.0. The number of halogens is 2. The molecule has 0 aliphatic rings. The van der Waals surface area contributed by atoms with Gasteiger partial charge in [0.25, 0.3) is 0 Å². The third-order valence-corrected chi connectivity index (χ3v) is 6.28. The molecule has 1 N–H and O–H groups in total. The van der Waals surface area contributed by atoms with Gasteiger partial charge in [-0.2, -0.15) is 0 Å². The van der Waals surface area contributed by atoms with Gasteiger partial charge >= 0.3 is 0 Å². The molecule has 0 aliphatic carbocycles. The summed E-state index contributed by atoms with van der Waals surface area (Å²) in [4.78, 5) is 27.5. The Hall–Kier alpha value is -1.89. The van der Waals surface area contributed by atoms with Gasteiger partial charge in [-0.05, 0) is 48.7 Å². The minimum Gasteiger partial charge on any atom is -0.497 e. The van der Waals surface area contributed by atoms with Gasteiger partial charge < -0.3 is 15.0 Å². The average molecular weight is 483 g/mol. The van der Waals surface area contributed by atoms with E-state index in [2.05, 4.69) is 5.32 Å². The quantitative estimate of drug-likeness (QED) is 0.479. The number of nitrogens with zero attached hydrogens (tertiary/aromatic N) is 1. The van der Waals surface area contributed by atoms with E-state index in [1.165, 1.54) is 11.8 Å². The minimum absolute atomic E-state index is 0.101. The molecule has 31 heavy (non-hydrogen) atoms. The molecule has 0 saturated heterocycles. The molecular weight excluding hydrogens is 455 g/mol. The Kier molecular flexibility index (Phi) is 10.5. The van der Waals surface area contributed by atoms with E-state index in [-0.39, 0.29) is 17.6 Å². The van der Waals surface area contributed by atoms with Crippen LogP contribution in [0.4, 0.5) is 0 Å². The Bertz CT molecular complexity index is 895. The summed E-state index contributed by atoms with van der Waals surface area (Å²) >= 11 is 13.6. The van der Waals surface area contributed by atoms with Crippen LogP contribution < -0.4 is 10.1 Å². The lowest BCUT2D eigenvalue weighted by atomic mass is 10.1. The van der Waals surface area contributed by atoms with E-state index in [1.54, 1.807) is 24.1 Å². The van der Waals surface area contributed by atoms with Crippen molar-refractivity contribution in [2.24, 2.45) is 0 Å². The first-order chi connectivity index (χ1) is 14.9. The van der Waals surface area contributed by atoms with E-state index in [1.807, 2.05) is 44.2 Å². The highest BCUT2D eigenvalue weighted by Gasteiger charge is 2.28. The SMILES string of the molecule is CCNC(=O)[C@@H](CC)N(Cc1cccc(OC)c1)C(=O)CSCc1ccc(Cl)cc1Cl. The molecule has 0 unspecified atom stereocenters. The molecule has 0 bridgehead atoms. The fourth-order valence-electron chi connectivity index (χ4n) is 3.15. The zero-order chi connectivity index (χ0) is 22.8. The van der Waals surface area contributed by atoms with Gasteiger partial charge in [0, 0.05) is 28.9 Å². The van der Waals surface area contributed by atoms with Crippen molar-refractivity contribution in [1.82, 2.24) is 10.2 Å². The highest BCUT2D eigenvalue weighted by Crippen LogP contribution is 2.25. The summed E-state index contributed by atoms with van der Waals surface area (Å²) in [7, 11) is 1.60. The summed E-state index contributed by atoms with van der Waals surface area (Å²) in [5.41, 5.74) is 1.82. The van der Waals surface area contributed by atoms with Crippen LogP contribution in [0.15, 0.2) is 42.5 Å². The molecule has 2 aromatic carbocycles. The number of hydrogen-bond acceptors (Lipinski definition) is 4. The number of carbonyl (C=O) groups is 2. The largest absolute Gasteiger partial charge is 0.497 e. The Balaban J connectivity index is 2.15. The van der Waals surface area contributed by atoms with E-state index in [4.69, 9.17) is 27.9 Å². The van der Waals surface area contributed by atoms with Crippen molar-refractivity contribution >= 4 is 46.8 Å². The fourth-order valence-corrected chi connectivity index (χ4v) is 4.62. The summed E-state index contributed by atoms with van der Waals surface area (Å²) < 4.78 is 5.29. The van der Waals surface area contributed by atoms with Crippen molar-refractivity contribution in [3.63, 3.8) is 0 Å². The molecule has 0 aliphatic heterocycles. The second-order valence-corrected chi connectivity index (χ2v) is 8.75. The molecule has 0 heterocycles. The van der Waals surface area contributed by atoms with Crippen LogP contribution in [0.3, 0.4) is 0 Å². The fraction of sp³-hybridized carbons (Fsp3) is 0.391. The van der Waals surface area contributed by atoms with Crippen LogP contribution in [-0.4, -0.2) is 42.2 Å². The Labute approximate surface area is 198 Å². The van der Waals surface area contributed by atoms with E-state index in [0.29, 0.717) is 41.1 Å². The molecule has 0 spiro atoms. The van der Waals surface area contributed by atoms with Crippen molar-refractivity contribution < 1.29 is 14.3 Å². The molecule has 0 fully saturated rings. The van der Waals surface area contributed by atoms with Crippen LogP contribution in [0.1, 0.15) is 31.4 Å². The summed E-state index contributed by atoms with van der Waals surface area (Å²) in [6.07, 6.45) is 0.523. The first-order valence-electron chi connectivity index (χ1n) is 10.1.